The number of hydrogen-bond acceptors (Lipinski definition) is 4. The number of nitro groups is 1. The summed E-state index contributed by atoms with van der Waals surface area (Å²) in [5, 5.41) is 18.5. The van der Waals surface area contributed by atoms with Crippen molar-refractivity contribution in [2.75, 3.05) is 5.32 Å². The lowest BCUT2D eigenvalue weighted by Crippen LogP contribution is -2.09. The number of amides is 1. The first kappa shape index (κ1) is 19.7. The molecule has 1 heterocycles. The maximum atomic E-state index is 12.2. The summed E-state index contributed by atoms with van der Waals surface area (Å²) in [6.07, 6.45) is 4.95. The molecule has 0 bridgehead atoms. The molecule has 0 saturated carbocycles. The number of halogens is 1. The van der Waals surface area contributed by atoms with Gasteiger partial charge in [0.15, 0.2) is 0 Å². The minimum atomic E-state index is -0.478. The Kier molecular flexibility index (Phi) is 6.52. The lowest BCUT2D eigenvalue weighted by Gasteiger charge is -2.06. The number of carbonyl (C=O) groups is 1. The van der Waals surface area contributed by atoms with Crippen molar-refractivity contribution in [1.29, 1.82) is 0 Å². The van der Waals surface area contributed by atoms with Gasteiger partial charge < -0.3 is 5.32 Å². The molecular formula is C18H21ClN4O3. The van der Waals surface area contributed by atoms with E-state index in [4.69, 9.17) is 11.6 Å². The predicted octanol–water partition coefficient (Wildman–Crippen LogP) is 4.51. The second kappa shape index (κ2) is 8.62. The largest absolute Gasteiger partial charge is 0.322 e. The molecule has 1 amide bonds. The fraction of sp³-hybridized carbons (Fsp3) is 0.333. The molecule has 8 heteroatoms. The number of nitrogens with one attached hydrogen (secondary N) is 1. The van der Waals surface area contributed by atoms with Gasteiger partial charge in [-0.25, -0.2) is 0 Å². The SMILES string of the molecule is CCCCn1nc(C)c(/C=C/C(=O)Nc2cccc([N+](=O)[O-])c2C)c1Cl. The van der Waals surface area contributed by atoms with E-state index in [1.165, 1.54) is 18.2 Å². The van der Waals surface area contributed by atoms with E-state index < -0.39 is 10.8 Å². The molecule has 138 valence electrons. The summed E-state index contributed by atoms with van der Waals surface area (Å²) in [5.41, 5.74) is 2.19. The highest BCUT2D eigenvalue weighted by Gasteiger charge is 2.14. The van der Waals surface area contributed by atoms with E-state index in [-0.39, 0.29) is 5.69 Å². The van der Waals surface area contributed by atoms with Gasteiger partial charge in [-0.2, -0.15) is 5.10 Å². The van der Waals surface area contributed by atoms with Gasteiger partial charge in [-0.05, 0) is 32.4 Å². The van der Waals surface area contributed by atoms with Gasteiger partial charge in [0, 0.05) is 24.3 Å². The Morgan fingerprint density at radius 3 is 2.81 bits per heavy atom. The van der Waals surface area contributed by atoms with Crippen LogP contribution < -0.4 is 5.32 Å². The van der Waals surface area contributed by atoms with Gasteiger partial charge in [-0.1, -0.05) is 31.0 Å². The molecule has 0 aliphatic heterocycles. The van der Waals surface area contributed by atoms with E-state index in [1.54, 1.807) is 23.7 Å². The second-order valence-electron chi connectivity index (χ2n) is 5.90. The number of carbonyl (C=O) groups excluding carboxylic acids is 1. The fourth-order valence-corrected chi connectivity index (χ4v) is 2.82. The quantitative estimate of drug-likeness (QED) is 0.437. The van der Waals surface area contributed by atoms with E-state index >= 15 is 0 Å². The minimum absolute atomic E-state index is 0.0390. The first-order valence-corrected chi connectivity index (χ1v) is 8.69. The van der Waals surface area contributed by atoms with Crippen molar-refractivity contribution in [2.45, 2.75) is 40.2 Å². The van der Waals surface area contributed by atoms with Gasteiger partial charge in [0.2, 0.25) is 5.91 Å². The van der Waals surface area contributed by atoms with E-state index in [9.17, 15) is 14.9 Å². The average molecular weight is 377 g/mol. The number of anilines is 1. The summed E-state index contributed by atoms with van der Waals surface area (Å²) in [6, 6.07) is 4.55. The van der Waals surface area contributed by atoms with Gasteiger partial charge in [0.1, 0.15) is 5.15 Å². The zero-order chi connectivity index (χ0) is 19.3. The maximum absolute atomic E-state index is 12.2. The standard InChI is InChI=1S/C18H21ClN4O3/c1-4-5-11-22-18(19)14(13(3)21-22)9-10-17(24)20-15-7-6-8-16(12(15)2)23(25)26/h6-10H,4-5,11H2,1-3H3,(H,20,24)/b10-9+. The van der Waals surface area contributed by atoms with Crippen LogP contribution >= 0.6 is 11.6 Å². The van der Waals surface area contributed by atoms with Gasteiger partial charge in [0.05, 0.1) is 21.9 Å². The van der Waals surface area contributed by atoms with Crippen molar-refractivity contribution in [3.8, 4) is 0 Å². The summed E-state index contributed by atoms with van der Waals surface area (Å²) >= 11 is 6.33. The second-order valence-corrected chi connectivity index (χ2v) is 6.25. The van der Waals surface area contributed by atoms with Gasteiger partial charge in [-0.3, -0.25) is 19.6 Å². The van der Waals surface area contributed by atoms with Crippen LogP contribution in [0.3, 0.4) is 0 Å². The zero-order valence-corrected chi connectivity index (χ0v) is 15.7. The number of aryl methyl sites for hydroxylation is 2. The molecule has 0 saturated heterocycles. The Morgan fingerprint density at radius 1 is 1.42 bits per heavy atom. The number of aromatic nitrogens is 2. The molecule has 1 aromatic heterocycles. The first-order chi connectivity index (χ1) is 12.3. The van der Waals surface area contributed by atoms with Crippen LogP contribution in [0.1, 0.15) is 36.6 Å². The molecule has 0 aliphatic rings. The summed E-state index contributed by atoms with van der Waals surface area (Å²) < 4.78 is 1.72. The van der Waals surface area contributed by atoms with E-state index in [1.807, 2.05) is 6.92 Å². The number of rotatable bonds is 7. The minimum Gasteiger partial charge on any atom is -0.322 e. The fourth-order valence-electron chi connectivity index (χ4n) is 2.50. The van der Waals surface area contributed by atoms with Crippen LogP contribution in [0, 0.1) is 24.0 Å². The molecule has 1 aromatic carbocycles. The van der Waals surface area contributed by atoms with Crippen LogP contribution in [0.25, 0.3) is 6.08 Å². The van der Waals surface area contributed by atoms with Crippen LogP contribution in [0.5, 0.6) is 0 Å². The van der Waals surface area contributed by atoms with Crippen LogP contribution in [-0.4, -0.2) is 20.6 Å². The topological polar surface area (TPSA) is 90.1 Å². The molecule has 0 atom stereocenters. The smallest absolute Gasteiger partial charge is 0.274 e. The third-order valence-electron chi connectivity index (χ3n) is 3.99. The average Bonchev–Trinajstić information content (AvgIpc) is 2.86. The third kappa shape index (κ3) is 4.49. The van der Waals surface area contributed by atoms with Crippen molar-refractivity contribution >= 4 is 35.0 Å². The number of nitrogens with zero attached hydrogens (tertiary/aromatic N) is 3. The van der Waals surface area contributed by atoms with Gasteiger partial charge in [0.25, 0.3) is 5.69 Å². The Morgan fingerprint density at radius 2 is 2.15 bits per heavy atom. The molecule has 1 N–H and O–H groups in total. The lowest BCUT2D eigenvalue weighted by atomic mass is 10.1. The predicted molar refractivity (Wildman–Crippen MR) is 102 cm³/mol. The normalized spacial score (nSPS) is 11.1. The molecule has 0 unspecified atom stereocenters. The highest BCUT2D eigenvalue weighted by Crippen LogP contribution is 2.25. The first-order valence-electron chi connectivity index (χ1n) is 8.31. The zero-order valence-electron chi connectivity index (χ0n) is 15.0. The van der Waals surface area contributed by atoms with Crippen molar-refractivity contribution in [1.82, 2.24) is 9.78 Å². The Balaban J connectivity index is 2.15. The van der Waals surface area contributed by atoms with E-state index in [0.29, 0.717) is 22.0 Å². The van der Waals surface area contributed by atoms with Crippen LogP contribution in [0.4, 0.5) is 11.4 Å². The van der Waals surface area contributed by atoms with Crippen molar-refractivity contribution in [2.24, 2.45) is 0 Å². The summed E-state index contributed by atoms with van der Waals surface area (Å²) in [6.45, 7) is 6.24. The highest BCUT2D eigenvalue weighted by atomic mass is 35.5. The molecule has 26 heavy (non-hydrogen) atoms. The monoisotopic (exact) mass is 376 g/mol. The molecule has 0 aliphatic carbocycles. The molecule has 0 radical (unpaired) electrons. The lowest BCUT2D eigenvalue weighted by molar-refractivity contribution is -0.385. The Bertz CT molecular complexity index is 858. The summed E-state index contributed by atoms with van der Waals surface area (Å²) in [4.78, 5) is 22.7. The Hall–Kier alpha value is -2.67. The van der Waals surface area contributed by atoms with Gasteiger partial charge >= 0.3 is 0 Å². The van der Waals surface area contributed by atoms with Crippen LogP contribution in [0.2, 0.25) is 5.15 Å². The molecule has 0 spiro atoms. The number of benzene rings is 1. The Labute approximate surface area is 156 Å². The molecular weight excluding hydrogens is 356 g/mol. The molecule has 2 aromatic rings. The maximum Gasteiger partial charge on any atom is 0.274 e. The third-order valence-corrected chi connectivity index (χ3v) is 4.39. The summed E-state index contributed by atoms with van der Waals surface area (Å²) in [7, 11) is 0. The molecule has 0 fully saturated rings. The number of nitro benzene ring substituents is 1. The van der Waals surface area contributed by atoms with E-state index in [2.05, 4.69) is 17.3 Å². The van der Waals surface area contributed by atoms with E-state index in [0.717, 1.165) is 25.1 Å². The summed E-state index contributed by atoms with van der Waals surface area (Å²) in [5.74, 6) is -0.398. The van der Waals surface area contributed by atoms with Crippen molar-refractivity contribution in [3.63, 3.8) is 0 Å². The highest BCUT2D eigenvalue weighted by molar-refractivity contribution is 6.31. The molecule has 7 nitrogen and oxygen atoms in total. The van der Waals surface area contributed by atoms with Crippen LogP contribution in [0.15, 0.2) is 24.3 Å². The number of hydrogen-bond donors (Lipinski definition) is 1. The number of unbranched alkanes of at least 4 members (excludes halogenated alkanes) is 1. The molecule has 2 rings (SSSR count). The van der Waals surface area contributed by atoms with Crippen molar-refractivity contribution in [3.05, 3.63) is 56.4 Å². The van der Waals surface area contributed by atoms with Crippen LogP contribution in [-0.2, 0) is 11.3 Å². The van der Waals surface area contributed by atoms with Gasteiger partial charge in [-0.15, -0.1) is 0 Å². The van der Waals surface area contributed by atoms with Crippen molar-refractivity contribution < 1.29 is 9.72 Å².